The number of carbonyl (C=O) groups is 1. The van der Waals surface area contributed by atoms with Crippen LogP contribution in [0.4, 0.5) is 4.79 Å². The molecule has 0 bridgehead atoms. The summed E-state index contributed by atoms with van der Waals surface area (Å²) in [6.45, 7) is 7.64. The summed E-state index contributed by atoms with van der Waals surface area (Å²) in [4.78, 5) is 14.5. The quantitative estimate of drug-likeness (QED) is 0.876. The number of carbonyl (C=O) groups excluding carboxylic acids is 1. The average Bonchev–Trinajstić information content (AvgIpc) is 3.07. The molecule has 2 aromatic rings. The number of rotatable bonds is 4. The van der Waals surface area contributed by atoms with Gasteiger partial charge in [0.15, 0.2) is 0 Å². The van der Waals surface area contributed by atoms with Crippen molar-refractivity contribution in [3.05, 3.63) is 23.8 Å². The molecule has 28 heavy (non-hydrogen) atoms. The van der Waals surface area contributed by atoms with Crippen LogP contribution in [-0.2, 0) is 4.74 Å². The number of nitrogens with one attached hydrogen (secondary N) is 1. The number of piperidine rings is 1. The molecule has 0 aliphatic carbocycles. The fourth-order valence-corrected chi connectivity index (χ4v) is 4.17. The molecule has 2 fully saturated rings. The van der Waals surface area contributed by atoms with Crippen LogP contribution < -0.4 is 10.1 Å². The zero-order valence-corrected chi connectivity index (χ0v) is 16.8. The Morgan fingerprint density at radius 2 is 2.00 bits per heavy atom. The van der Waals surface area contributed by atoms with Crippen molar-refractivity contribution in [2.75, 3.05) is 32.9 Å². The molecule has 0 saturated carbocycles. The van der Waals surface area contributed by atoms with Gasteiger partial charge >= 0.3 is 6.03 Å². The van der Waals surface area contributed by atoms with E-state index in [4.69, 9.17) is 14.6 Å². The van der Waals surface area contributed by atoms with Gasteiger partial charge in [0.05, 0.1) is 23.6 Å². The Morgan fingerprint density at radius 3 is 2.71 bits per heavy atom. The maximum Gasteiger partial charge on any atom is 0.317 e. The lowest BCUT2D eigenvalue weighted by molar-refractivity contribution is 0.0771. The third kappa shape index (κ3) is 3.94. The Bertz CT molecular complexity index is 820. The standard InChI is InChI=1S/C21H30N4O3/c1-3-28-20-18-14-15(2)4-5-19(18)25(23-20)17-6-10-24(11-7-17)21(26)22-16-8-12-27-13-9-16/h4-5,14,16-17H,3,6-13H2,1-2H3,(H,22,26). The number of ether oxygens (including phenoxy) is 2. The van der Waals surface area contributed by atoms with E-state index >= 15 is 0 Å². The van der Waals surface area contributed by atoms with Crippen LogP contribution in [0.15, 0.2) is 18.2 Å². The van der Waals surface area contributed by atoms with Gasteiger partial charge in [-0.25, -0.2) is 4.79 Å². The maximum atomic E-state index is 12.6. The monoisotopic (exact) mass is 386 g/mol. The summed E-state index contributed by atoms with van der Waals surface area (Å²) in [6.07, 6.45) is 3.61. The second-order valence-electron chi connectivity index (χ2n) is 7.76. The number of hydrogen-bond donors (Lipinski definition) is 1. The number of aryl methyl sites for hydroxylation is 1. The lowest BCUT2D eigenvalue weighted by Gasteiger charge is -2.34. The van der Waals surface area contributed by atoms with Gasteiger partial charge in [-0.2, -0.15) is 0 Å². The van der Waals surface area contributed by atoms with E-state index in [1.165, 1.54) is 5.56 Å². The lowest BCUT2D eigenvalue weighted by atomic mass is 10.0. The summed E-state index contributed by atoms with van der Waals surface area (Å²) < 4.78 is 13.2. The van der Waals surface area contributed by atoms with Gasteiger partial charge in [-0.15, -0.1) is 5.10 Å². The molecule has 0 spiro atoms. The van der Waals surface area contributed by atoms with Crippen LogP contribution in [0.5, 0.6) is 5.88 Å². The molecule has 1 aromatic carbocycles. The summed E-state index contributed by atoms with van der Waals surface area (Å²) in [7, 11) is 0. The molecule has 0 radical (unpaired) electrons. The lowest BCUT2D eigenvalue weighted by Crippen LogP contribution is -2.49. The predicted molar refractivity (Wildman–Crippen MR) is 108 cm³/mol. The summed E-state index contributed by atoms with van der Waals surface area (Å²) >= 11 is 0. The summed E-state index contributed by atoms with van der Waals surface area (Å²) in [5.41, 5.74) is 2.31. The number of benzene rings is 1. The first-order valence-electron chi connectivity index (χ1n) is 10.4. The van der Waals surface area contributed by atoms with E-state index in [1.807, 2.05) is 11.8 Å². The van der Waals surface area contributed by atoms with Crippen LogP contribution >= 0.6 is 0 Å². The molecule has 7 heteroatoms. The fraction of sp³-hybridized carbons (Fsp3) is 0.619. The van der Waals surface area contributed by atoms with Gasteiger partial charge in [0.1, 0.15) is 0 Å². The summed E-state index contributed by atoms with van der Waals surface area (Å²) in [5.74, 6) is 0.709. The molecule has 2 aliphatic heterocycles. The molecule has 3 heterocycles. The van der Waals surface area contributed by atoms with E-state index in [-0.39, 0.29) is 18.1 Å². The molecule has 1 N–H and O–H groups in total. The molecule has 2 aliphatic rings. The van der Waals surface area contributed by atoms with Gasteiger partial charge in [-0.3, -0.25) is 4.68 Å². The van der Waals surface area contributed by atoms with Crippen molar-refractivity contribution in [3.63, 3.8) is 0 Å². The van der Waals surface area contributed by atoms with E-state index in [0.717, 1.165) is 62.9 Å². The number of nitrogens with zero attached hydrogens (tertiary/aromatic N) is 3. The molecular formula is C21H30N4O3. The first-order chi connectivity index (χ1) is 13.7. The SMILES string of the molecule is CCOc1nn(C2CCN(C(=O)NC3CCOCC3)CC2)c2ccc(C)cc12. The Morgan fingerprint density at radius 1 is 1.25 bits per heavy atom. The minimum absolute atomic E-state index is 0.0568. The highest BCUT2D eigenvalue weighted by Crippen LogP contribution is 2.32. The zero-order valence-electron chi connectivity index (χ0n) is 16.8. The minimum Gasteiger partial charge on any atom is -0.476 e. The van der Waals surface area contributed by atoms with Crippen LogP contribution in [0.25, 0.3) is 10.9 Å². The van der Waals surface area contributed by atoms with Crippen LogP contribution in [0.3, 0.4) is 0 Å². The highest BCUT2D eigenvalue weighted by atomic mass is 16.5. The van der Waals surface area contributed by atoms with Gasteiger partial charge in [-0.1, -0.05) is 11.6 Å². The second-order valence-corrected chi connectivity index (χ2v) is 7.76. The van der Waals surface area contributed by atoms with E-state index in [2.05, 4.69) is 35.1 Å². The number of hydrogen-bond acceptors (Lipinski definition) is 4. The van der Waals surface area contributed by atoms with Crippen molar-refractivity contribution in [3.8, 4) is 5.88 Å². The number of urea groups is 1. The molecule has 7 nitrogen and oxygen atoms in total. The van der Waals surface area contributed by atoms with Gasteiger partial charge in [-0.05, 0) is 51.7 Å². The Balaban J connectivity index is 1.43. The number of fused-ring (bicyclic) bond motifs is 1. The smallest absolute Gasteiger partial charge is 0.317 e. The maximum absolute atomic E-state index is 12.6. The highest BCUT2D eigenvalue weighted by Gasteiger charge is 2.28. The van der Waals surface area contributed by atoms with E-state index in [9.17, 15) is 4.79 Å². The van der Waals surface area contributed by atoms with Crippen molar-refractivity contribution in [2.24, 2.45) is 0 Å². The molecule has 1 aromatic heterocycles. The van der Waals surface area contributed by atoms with Gasteiger partial charge in [0.2, 0.25) is 5.88 Å². The van der Waals surface area contributed by atoms with Crippen molar-refractivity contribution in [1.82, 2.24) is 20.0 Å². The minimum atomic E-state index is 0.0568. The highest BCUT2D eigenvalue weighted by molar-refractivity contribution is 5.85. The van der Waals surface area contributed by atoms with E-state index in [1.54, 1.807) is 0 Å². The Kier molecular flexibility index (Phi) is 5.71. The van der Waals surface area contributed by atoms with Crippen molar-refractivity contribution in [2.45, 2.75) is 51.6 Å². The molecule has 2 saturated heterocycles. The molecular weight excluding hydrogens is 356 g/mol. The normalized spacial score (nSPS) is 19.1. The first-order valence-corrected chi connectivity index (χ1v) is 10.4. The van der Waals surface area contributed by atoms with Crippen LogP contribution in [0.2, 0.25) is 0 Å². The predicted octanol–water partition coefficient (Wildman–Crippen LogP) is 3.27. The van der Waals surface area contributed by atoms with Crippen LogP contribution in [-0.4, -0.2) is 59.7 Å². The number of aromatic nitrogens is 2. The zero-order chi connectivity index (χ0) is 19.5. The molecule has 2 amide bonds. The average molecular weight is 386 g/mol. The molecule has 0 unspecified atom stereocenters. The van der Waals surface area contributed by atoms with E-state index in [0.29, 0.717) is 12.5 Å². The first kappa shape index (κ1) is 19.1. The molecule has 0 atom stereocenters. The fourth-order valence-electron chi connectivity index (χ4n) is 4.17. The largest absolute Gasteiger partial charge is 0.476 e. The number of likely N-dealkylation sites (tertiary alicyclic amines) is 1. The Hall–Kier alpha value is -2.28. The second kappa shape index (κ2) is 8.39. The van der Waals surface area contributed by atoms with Crippen LogP contribution in [0.1, 0.15) is 44.2 Å². The van der Waals surface area contributed by atoms with Crippen molar-refractivity contribution < 1.29 is 14.3 Å². The van der Waals surface area contributed by atoms with Crippen molar-refractivity contribution >= 4 is 16.9 Å². The Labute approximate surface area is 166 Å². The third-order valence-electron chi connectivity index (χ3n) is 5.76. The van der Waals surface area contributed by atoms with Crippen LogP contribution in [0, 0.1) is 6.92 Å². The van der Waals surface area contributed by atoms with Gasteiger partial charge < -0.3 is 19.7 Å². The number of amides is 2. The molecule has 152 valence electrons. The summed E-state index contributed by atoms with van der Waals surface area (Å²) in [5, 5.41) is 9.00. The third-order valence-corrected chi connectivity index (χ3v) is 5.76. The molecule has 4 rings (SSSR count). The van der Waals surface area contributed by atoms with Gasteiger partial charge in [0, 0.05) is 32.3 Å². The topological polar surface area (TPSA) is 68.6 Å². The van der Waals surface area contributed by atoms with Crippen molar-refractivity contribution in [1.29, 1.82) is 0 Å². The van der Waals surface area contributed by atoms with Gasteiger partial charge in [0.25, 0.3) is 0 Å². The summed E-state index contributed by atoms with van der Waals surface area (Å²) in [6, 6.07) is 6.97. The van der Waals surface area contributed by atoms with E-state index < -0.39 is 0 Å².